The lowest BCUT2D eigenvalue weighted by Crippen LogP contribution is -2.32. The molecular formula is C15H31N3O. The van der Waals surface area contributed by atoms with Crippen LogP contribution in [-0.4, -0.2) is 31.8 Å². The van der Waals surface area contributed by atoms with Crippen LogP contribution in [0.1, 0.15) is 64.7 Å². The smallest absolute Gasteiger partial charge is 0.188 e. The number of ether oxygens (including phenoxy) is 1. The van der Waals surface area contributed by atoms with Gasteiger partial charge in [0.2, 0.25) is 0 Å². The second-order valence-electron chi connectivity index (χ2n) is 5.39. The molecule has 0 heterocycles. The highest BCUT2D eigenvalue weighted by atomic mass is 16.5. The molecule has 0 radical (unpaired) electrons. The van der Waals surface area contributed by atoms with Gasteiger partial charge in [-0.25, -0.2) is 0 Å². The second-order valence-corrected chi connectivity index (χ2v) is 5.39. The van der Waals surface area contributed by atoms with Crippen LogP contribution in [-0.2, 0) is 4.74 Å². The van der Waals surface area contributed by atoms with Crippen molar-refractivity contribution < 1.29 is 4.74 Å². The molecule has 4 nitrogen and oxygen atoms in total. The van der Waals surface area contributed by atoms with Crippen molar-refractivity contribution >= 4 is 5.96 Å². The summed E-state index contributed by atoms with van der Waals surface area (Å²) in [4.78, 5) is 4.31. The van der Waals surface area contributed by atoms with Gasteiger partial charge >= 0.3 is 0 Å². The Balaban J connectivity index is 1.89. The Morgan fingerprint density at radius 2 is 2.00 bits per heavy atom. The van der Waals surface area contributed by atoms with Crippen molar-refractivity contribution in [2.24, 2.45) is 10.7 Å². The molecule has 0 atom stereocenters. The number of guanidine groups is 1. The zero-order valence-corrected chi connectivity index (χ0v) is 12.5. The van der Waals surface area contributed by atoms with Crippen molar-refractivity contribution in [3.8, 4) is 0 Å². The molecule has 3 N–H and O–H groups in total. The fourth-order valence-corrected chi connectivity index (χ4v) is 2.39. The molecule has 0 unspecified atom stereocenters. The van der Waals surface area contributed by atoms with Crippen LogP contribution < -0.4 is 11.1 Å². The highest BCUT2D eigenvalue weighted by Crippen LogP contribution is 2.20. The lowest BCUT2D eigenvalue weighted by atomic mass is 10.2. The molecule has 112 valence electrons. The van der Waals surface area contributed by atoms with Crippen molar-refractivity contribution in [3.63, 3.8) is 0 Å². The Kier molecular flexibility index (Phi) is 9.51. The van der Waals surface area contributed by atoms with Crippen molar-refractivity contribution in [1.29, 1.82) is 0 Å². The zero-order chi connectivity index (χ0) is 13.8. The number of nitrogens with two attached hydrogens (primary N) is 1. The van der Waals surface area contributed by atoms with E-state index >= 15 is 0 Å². The molecule has 0 saturated heterocycles. The maximum atomic E-state index is 5.79. The summed E-state index contributed by atoms with van der Waals surface area (Å²) in [6.07, 6.45) is 11.6. The Morgan fingerprint density at radius 3 is 2.74 bits per heavy atom. The molecule has 0 spiro atoms. The van der Waals surface area contributed by atoms with Gasteiger partial charge in [-0.2, -0.15) is 0 Å². The standard InChI is InChI=1S/C15H31N3O/c1-2-3-4-7-11-17-15(16)18-12-8-13-19-14-9-5-6-10-14/h14H,2-13H2,1H3,(H3,16,17,18). The highest BCUT2D eigenvalue weighted by Gasteiger charge is 2.14. The molecule has 0 aromatic rings. The molecule has 1 saturated carbocycles. The first-order valence-corrected chi connectivity index (χ1v) is 7.98. The second kappa shape index (κ2) is 11.1. The summed E-state index contributed by atoms with van der Waals surface area (Å²) in [5.74, 6) is 0.581. The quantitative estimate of drug-likeness (QED) is 0.364. The van der Waals surface area contributed by atoms with E-state index in [4.69, 9.17) is 10.5 Å². The lowest BCUT2D eigenvalue weighted by Gasteiger charge is -2.10. The Bertz CT molecular complexity index is 238. The fourth-order valence-electron chi connectivity index (χ4n) is 2.39. The molecule has 0 aliphatic heterocycles. The van der Waals surface area contributed by atoms with Crippen LogP contribution in [0.4, 0.5) is 0 Å². The molecule has 1 aliphatic rings. The van der Waals surface area contributed by atoms with Gasteiger partial charge in [-0.05, 0) is 25.7 Å². The number of aliphatic imine (C=N–C) groups is 1. The Morgan fingerprint density at radius 1 is 1.21 bits per heavy atom. The first-order chi connectivity index (χ1) is 9.33. The largest absolute Gasteiger partial charge is 0.378 e. The number of hydrogen-bond acceptors (Lipinski definition) is 2. The first-order valence-electron chi connectivity index (χ1n) is 7.98. The fraction of sp³-hybridized carbons (Fsp3) is 0.933. The van der Waals surface area contributed by atoms with Gasteiger partial charge in [-0.3, -0.25) is 4.99 Å². The van der Waals surface area contributed by atoms with E-state index in [2.05, 4.69) is 17.2 Å². The predicted octanol–water partition coefficient (Wildman–Crippen LogP) is 2.82. The molecule has 0 aromatic heterocycles. The molecule has 0 aromatic carbocycles. The summed E-state index contributed by atoms with van der Waals surface area (Å²) < 4.78 is 5.78. The maximum absolute atomic E-state index is 5.79. The number of unbranched alkanes of at least 4 members (excludes halogenated alkanes) is 3. The summed E-state index contributed by atoms with van der Waals surface area (Å²) in [5, 5.41) is 3.16. The number of nitrogens with zero attached hydrogens (tertiary/aromatic N) is 1. The van der Waals surface area contributed by atoms with Gasteiger partial charge in [0.1, 0.15) is 0 Å². The Labute approximate surface area is 118 Å². The van der Waals surface area contributed by atoms with Crippen LogP contribution in [0.15, 0.2) is 4.99 Å². The average molecular weight is 269 g/mol. The topological polar surface area (TPSA) is 59.6 Å². The minimum Gasteiger partial charge on any atom is -0.378 e. The zero-order valence-electron chi connectivity index (χ0n) is 12.5. The average Bonchev–Trinajstić information content (AvgIpc) is 2.91. The van der Waals surface area contributed by atoms with Crippen molar-refractivity contribution in [1.82, 2.24) is 5.32 Å². The first kappa shape index (κ1) is 16.3. The summed E-state index contributed by atoms with van der Waals surface area (Å²) in [5.41, 5.74) is 5.79. The van der Waals surface area contributed by atoms with Crippen LogP contribution in [0.25, 0.3) is 0 Å². The third kappa shape index (κ3) is 8.87. The molecule has 19 heavy (non-hydrogen) atoms. The number of hydrogen-bond donors (Lipinski definition) is 2. The third-order valence-electron chi connectivity index (χ3n) is 3.58. The molecule has 4 heteroatoms. The van der Waals surface area contributed by atoms with Crippen molar-refractivity contribution in [2.45, 2.75) is 70.8 Å². The number of rotatable bonds is 10. The van der Waals surface area contributed by atoms with E-state index in [1.165, 1.54) is 51.4 Å². The van der Waals surface area contributed by atoms with Crippen LogP contribution in [0.5, 0.6) is 0 Å². The van der Waals surface area contributed by atoms with Crippen molar-refractivity contribution in [2.75, 3.05) is 19.7 Å². The van der Waals surface area contributed by atoms with Gasteiger partial charge in [0.25, 0.3) is 0 Å². The monoisotopic (exact) mass is 269 g/mol. The van der Waals surface area contributed by atoms with Gasteiger partial charge in [0, 0.05) is 19.7 Å². The normalized spacial score (nSPS) is 17.0. The van der Waals surface area contributed by atoms with E-state index in [1.807, 2.05) is 0 Å². The van der Waals surface area contributed by atoms with E-state index in [1.54, 1.807) is 0 Å². The maximum Gasteiger partial charge on any atom is 0.188 e. The summed E-state index contributed by atoms with van der Waals surface area (Å²) in [6.45, 7) is 4.74. The van der Waals surface area contributed by atoms with Gasteiger partial charge in [0.15, 0.2) is 5.96 Å². The molecule has 0 bridgehead atoms. The number of nitrogens with one attached hydrogen (secondary N) is 1. The summed E-state index contributed by atoms with van der Waals surface area (Å²) >= 11 is 0. The SMILES string of the molecule is CCCCCCNC(N)=NCCCOC1CCCC1. The van der Waals surface area contributed by atoms with Crippen LogP contribution in [0, 0.1) is 0 Å². The lowest BCUT2D eigenvalue weighted by molar-refractivity contribution is 0.0579. The van der Waals surface area contributed by atoms with Crippen molar-refractivity contribution in [3.05, 3.63) is 0 Å². The van der Waals surface area contributed by atoms with Crippen LogP contribution >= 0.6 is 0 Å². The van der Waals surface area contributed by atoms with Crippen LogP contribution in [0.2, 0.25) is 0 Å². The molecule has 1 fully saturated rings. The third-order valence-corrected chi connectivity index (χ3v) is 3.58. The summed E-state index contributed by atoms with van der Waals surface area (Å²) in [6, 6.07) is 0. The Hall–Kier alpha value is -0.770. The molecule has 0 amide bonds. The van der Waals surface area contributed by atoms with E-state index in [-0.39, 0.29) is 0 Å². The van der Waals surface area contributed by atoms with Crippen LogP contribution in [0.3, 0.4) is 0 Å². The van der Waals surface area contributed by atoms with E-state index in [0.717, 1.165) is 26.1 Å². The highest BCUT2D eigenvalue weighted by molar-refractivity contribution is 5.77. The minimum atomic E-state index is 0.512. The van der Waals surface area contributed by atoms with Gasteiger partial charge < -0.3 is 15.8 Å². The van der Waals surface area contributed by atoms with Gasteiger partial charge in [-0.15, -0.1) is 0 Å². The summed E-state index contributed by atoms with van der Waals surface area (Å²) in [7, 11) is 0. The molecule has 1 rings (SSSR count). The molecule has 1 aliphatic carbocycles. The minimum absolute atomic E-state index is 0.512. The molecular weight excluding hydrogens is 238 g/mol. The van der Waals surface area contributed by atoms with Gasteiger partial charge in [0.05, 0.1) is 6.10 Å². The van der Waals surface area contributed by atoms with E-state index in [0.29, 0.717) is 12.1 Å². The predicted molar refractivity (Wildman–Crippen MR) is 81.5 cm³/mol. The van der Waals surface area contributed by atoms with E-state index < -0.39 is 0 Å². The van der Waals surface area contributed by atoms with E-state index in [9.17, 15) is 0 Å². The van der Waals surface area contributed by atoms with Gasteiger partial charge in [-0.1, -0.05) is 39.0 Å².